The Morgan fingerprint density at radius 3 is 3.21 bits per heavy atom. The third-order valence-corrected chi connectivity index (χ3v) is 3.23. The molecular weight excluding hydrogens is 240 g/mol. The van der Waals surface area contributed by atoms with Gasteiger partial charge in [-0.1, -0.05) is 15.9 Å². The van der Waals surface area contributed by atoms with Crippen molar-refractivity contribution >= 4 is 33.0 Å². The van der Waals surface area contributed by atoms with Gasteiger partial charge in [-0.25, -0.2) is 4.98 Å². The summed E-state index contributed by atoms with van der Waals surface area (Å²) in [6, 6.07) is 4.09. The maximum atomic E-state index is 4.31. The zero-order chi connectivity index (χ0) is 9.54. The fraction of sp³-hybridized carbons (Fsp3) is 0.182. The van der Waals surface area contributed by atoms with Crippen molar-refractivity contribution in [3.05, 3.63) is 34.1 Å². The number of hydrogen-bond donors (Lipinski definition) is 1. The van der Waals surface area contributed by atoms with Crippen LogP contribution < -0.4 is 0 Å². The number of nitrogens with zero attached hydrogens (tertiary/aromatic N) is 1. The van der Waals surface area contributed by atoms with Crippen LogP contribution in [-0.4, -0.2) is 9.97 Å². The van der Waals surface area contributed by atoms with Crippen LogP contribution in [-0.2, 0) is 6.42 Å². The van der Waals surface area contributed by atoms with Gasteiger partial charge in [-0.05, 0) is 35.5 Å². The van der Waals surface area contributed by atoms with Crippen LogP contribution in [0.5, 0.6) is 0 Å². The van der Waals surface area contributed by atoms with E-state index in [0.29, 0.717) is 0 Å². The average Bonchev–Trinajstić information content (AvgIpc) is 2.56. The lowest BCUT2D eigenvalue weighted by atomic mass is 10.0. The molecule has 0 unspecified atom stereocenters. The Balaban J connectivity index is 2.37. The zero-order valence-corrected chi connectivity index (χ0v) is 9.13. The Labute approximate surface area is 90.2 Å². The van der Waals surface area contributed by atoms with Gasteiger partial charge in [0.15, 0.2) is 0 Å². The van der Waals surface area contributed by atoms with E-state index in [1.54, 1.807) is 0 Å². The number of H-pyrrole nitrogens is 1. The smallest absolute Gasteiger partial charge is 0.138 e. The van der Waals surface area contributed by atoms with Gasteiger partial charge in [0.2, 0.25) is 0 Å². The van der Waals surface area contributed by atoms with Gasteiger partial charge >= 0.3 is 0 Å². The monoisotopic (exact) mass is 248 g/mol. The number of pyridine rings is 1. The molecule has 0 saturated heterocycles. The van der Waals surface area contributed by atoms with E-state index >= 15 is 0 Å². The number of rotatable bonds is 0. The molecule has 3 heteroatoms. The van der Waals surface area contributed by atoms with Crippen LogP contribution in [0.25, 0.3) is 17.1 Å². The number of aromatic nitrogens is 2. The van der Waals surface area contributed by atoms with Crippen molar-refractivity contribution in [2.75, 3.05) is 0 Å². The number of halogens is 1. The van der Waals surface area contributed by atoms with Crippen molar-refractivity contribution in [3.63, 3.8) is 0 Å². The Kier molecular flexibility index (Phi) is 1.74. The van der Waals surface area contributed by atoms with E-state index in [4.69, 9.17) is 0 Å². The van der Waals surface area contributed by atoms with Gasteiger partial charge in [0.05, 0.1) is 0 Å². The van der Waals surface area contributed by atoms with Gasteiger partial charge in [0.1, 0.15) is 5.65 Å². The molecule has 0 fully saturated rings. The largest absolute Gasteiger partial charge is 0.343 e. The fourth-order valence-corrected chi connectivity index (χ4v) is 2.36. The SMILES string of the molecule is BrC1=Cc2c([nH]c3ncccc23)CC1. The summed E-state index contributed by atoms with van der Waals surface area (Å²) in [5, 5.41) is 1.22. The molecule has 2 heterocycles. The molecule has 2 aromatic rings. The molecule has 2 nitrogen and oxygen atoms in total. The first-order valence-electron chi connectivity index (χ1n) is 4.66. The highest BCUT2D eigenvalue weighted by molar-refractivity contribution is 9.11. The first-order valence-corrected chi connectivity index (χ1v) is 5.45. The van der Waals surface area contributed by atoms with Crippen molar-refractivity contribution in [2.45, 2.75) is 12.8 Å². The summed E-state index contributed by atoms with van der Waals surface area (Å²) in [6.07, 6.45) is 6.17. The van der Waals surface area contributed by atoms with Crippen molar-refractivity contribution in [3.8, 4) is 0 Å². The maximum absolute atomic E-state index is 4.31. The highest BCUT2D eigenvalue weighted by Crippen LogP contribution is 2.31. The molecule has 1 N–H and O–H groups in total. The van der Waals surface area contributed by atoms with Gasteiger partial charge in [-0.15, -0.1) is 0 Å². The second-order valence-electron chi connectivity index (χ2n) is 3.51. The molecule has 0 saturated carbocycles. The predicted octanol–water partition coefficient (Wildman–Crippen LogP) is 3.24. The standard InChI is InChI=1S/C11H9BrN2/c12-7-3-4-10-9(6-7)8-2-1-5-13-11(8)14-10/h1-2,5-6H,3-4H2,(H,13,14). The number of fused-ring (bicyclic) bond motifs is 3. The van der Waals surface area contributed by atoms with Crippen molar-refractivity contribution < 1.29 is 0 Å². The molecule has 0 bridgehead atoms. The number of nitrogens with one attached hydrogen (secondary N) is 1. The van der Waals surface area contributed by atoms with E-state index in [9.17, 15) is 0 Å². The molecule has 0 radical (unpaired) electrons. The number of hydrogen-bond acceptors (Lipinski definition) is 1. The lowest BCUT2D eigenvalue weighted by molar-refractivity contribution is 0.941. The van der Waals surface area contributed by atoms with E-state index in [2.05, 4.69) is 38.0 Å². The predicted molar refractivity (Wildman–Crippen MR) is 61.3 cm³/mol. The molecule has 1 aliphatic carbocycles. The number of aromatic amines is 1. The van der Waals surface area contributed by atoms with E-state index in [1.165, 1.54) is 21.1 Å². The van der Waals surface area contributed by atoms with Crippen LogP contribution in [0.15, 0.2) is 22.8 Å². The minimum absolute atomic E-state index is 0.996. The Hall–Kier alpha value is -1.09. The van der Waals surface area contributed by atoms with E-state index < -0.39 is 0 Å². The highest BCUT2D eigenvalue weighted by Gasteiger charge is 2.14. The van der Waals surface area contributed by atoms with E-state index in [0.717, 1.165) is 18.5 Å². The molecule has 0 spiro atoms. The molecule has 14 heavy (non-hydrogen) atoms. The van der Waals surface area contributed by atoms with Crippen LogP contribution in [0.4, 0.5) is 0 Å². The molecule has 70 valence electrons. The first kappa shape index (κ1) is 8.24. The average molecular weight is 249 g/mol. The Morgan fingerprint density at radius 1 is 1.36 bits per heavy atom. The van der Waals surface area contributed by atoms with Crippen molar-refractivity contribution in [2.24, 2.45) is 0 Å². The van der Waals surface area contributed by atoms with Crippen molar-refractivity contribution in [1.82, 2.24) is 9.97 Å². The van der Waals surface area contributed by atoms with Crippen LogP contribution in [0.3, 0.4) is 0 Å². The normalized spacial score (nSPS) is 15.4. The molecule has 1 aliphatic rings. The van der Waals surface area contributed by atoms with Gasteiger partial charge in [0.25, 0.3) is 0 Å². The van der Waals surface area contributed by atoms with Crippen LogP contribution in [0.1, 0.15) is 17.7 Å². The Bertz CT molecular complexity index is 525. The molecule has 3 rings (SSSR count). The minimum atomic E-state index is 0.996. The highest BCUT2D eigenvalue weighted by atomic mass is 79.9. The van der Waals surface area contributed by atoms with Crippen LogP contribution in [0, 0.1) is 0 Å². The summed E-state index contributed by atoms with van der Waals surface area (Å²) in [6.45, 7) is 0. The summed E-state index contributed by atoms with van der Waals surface area (Å²) in [5.41, 5.74) is 3.60. The first-order chi connectivity index (χ1) is 6.84. The summed E-state index contributed by atoms with van der Waals surface area (Å²) in [5.74, 6) is 0. The summed E-state index contributed by atoms with van der Waals surface area (Å²) in [4.78, 5) is 7.67. The lowest BCUT2D eigenvalue weighted by Gasteiger charge is -2.07. The van der Waals surface area contributed by atoms with Gasteiger partial charge in [0, 0.05) is 22.8 Å². The molecule has 0 atom stereocenters. The second kappa shape index (κ2) is 2.95. The maximum Gasteiger partial charge on any atom is 0.138 e. The lowest BCUT2D eigenvalue weighted by Crippen LogP contribution is -1.93. The molecule has 0 amide bonds. The zero-order valence-electron chi connectivity index (χ0n) is 7.55. The molecule has 0 aromatic carbocycles. The third-order valence-electron chi connectivity index (χ3n) is 2.61. The van der Waals surface area contributed by atoms with E-state index in [-0.39, 0.29) is 0 Å². The number of aryl methyl sites for hydroxylation is 1. The van der Waals surface area contributed by atoms with Crippen LogP contribution >= 0.6 is 15.9 Å². The van der Waals surface area contributed by atoms with Crippen LogP contribution in [0.2, 0.25) is 0 Å². The molecule has 2 aromatic heterocycles. The summed E-state index contributed by atoms with van der Waals surface area (Å²) in [7, 11) is 0. The molecule has 0 aliphatic heterocycles. The van der Waals surface area contributed by atoms with Crippen molar-refractivity contribution in [1.29, 1.82) is 0 Å². The van der Waals surface area contributed by atoms with Gasteiger partial charge in [-0.3, -0.25) is 0 Å². The Morgan fingerprint density at radius 2 is 2.29 bits per heavy atom. The fourth-order valence-electron chi connectivity index (χ4n) is 1.93. The summed E-state index contributed by atoms with van der Waals surface area (Å²) >= 11 is 3.56. The van der Waals surface area contributed by atoms with Gasteiger partial charge in [-0.2, -0.15) is 0 Å². The quantitative estimate of drug-likeness (QED) is 0.762. The van der Waals surface area contributed by atoms with E-state index in [1.807, 2.05) is 12.3 Å². The second-order valence-corrected chi connectivity index (χ2v) is 4.53. The minimum Gasteiger partial charge on any atom is -0.343 e. The summed E-state index contributed by atoms with van der Waals surface area (Å²) < 4.78 is 1.27. The number of allylic oxidation sites excluding steroid dienone is 1. The molecular formula is C11H9BrN2. The topological polar surface area (TPSA) is 28.7 Å². The third kappa shape index (κ3) is 1.12. The van der Waals surface area contributed by atoms with Gasteiger partial charge < -0.3 is 4.98 Å².